The quantitative estimate of drug-likeness (QED) is 0.379. The van der Waals surface area contributed by atoms with Crippen molar-refractivity contribution in [2.45, 2.75) is 20.3 Å². The fourth-order valence-electron chi connectivity index (χ4n) is 3.16. The molecule has 0 aromatic heterocycles. The second-order valence-corrected chi connectivity index (χ2v) is 6.79. The van der Waals surface area contributed by atoms with Crippen LogP contribution in [0, 0.1) is 16.0 Å². The van der Waals surface area contributed by atoms with Crippen molar-refractivity contribution in [2.75, 3.05) is 12.5 Å². The number of anilines is 1. The van der Waals surface area contributed by atoms with Gasteiger partial charge in [0.15, 0.2) is 5.75 Å². The van der Waals surface area contributed by atoms with Crippen LogP contribution in [0.2, 0.25) is 0 Å². The molecule has 3 N–H and O–H groups in total. The maximum atomic E-state index is 11.5. The Morgan fingerprint density at radius 1 is 1.33 bits per heavy atom. The molecule has 0 fully saturated rings. The van der Waals surface area contributed by atoms with Crippen LogP contribution in [0.5, 0.6) is 11.5 Å². The molecule has 0 saturated heterocycles. The summed E-state index contributed by atoms with van der Waals surface area (Å²) in [5, 5.41) is 29.6. The van der Waals surface area contributed by atoms with Gasteiger partial charge in [-0.05, 0) is 36.8 Å². The normalized spacial score (nSPS) is 16.5. The number of aromatic hydroxyl groups is 1. The van der Waals surface area contributed by atoms with E-state index in [2.05, 4.69) is 21.1 Å². The van der Waals surface area contributed by atoms with Crippen molar-refractivity contribution in [2.24, 2.45) is 16.1 Å². The first-order valence-corrected chi connectivity index (χ1v) is 9.13. The fraction of sp³-hybridized carbons (Fsp3) is 0.250. The summed E-state index contributed by atoms with van der Waals surface area (Å²) < 4.78 is 4.97. The molecule has 1 atom stereocenters. The maximum Gasteiger partial charge on any atom is 0.323 e. The van der Waals surface area contributed by atoms with E-state index in [9.17, 15) is 20.0 Å². The molecule has 2 aromatic carbocycles. The van der Waals surface area contributed by atoms with Crippen molar-refractivity contribution in [1.29, 1.82) is 0 Å². The van der Waals surface area contributed by atoms with Gasteiger partial charge in [-0.2, -0.15) is 10.2 Å². The summed E-state index contributed by atoms with van der Waals surface area (Å²) in [5.41, 5.74) is 7.91. The third-order valence-electron chi connectivity index (χ3n) is 4.68. The van der Waals surface area contributed by atoms with E-state index in [0.717, 1.165) is 11.3 Å². The Hall–Kier alpha value is -3.95. The first kappa shape index (κ1) is 20.8. The van der Waals surface area contributed by atoms with Gasteiger partial charge in [0, 0.05) is 12.3 Å². The molecule has 156 valence electrons. The van der Waals surface area contributed by atoms with Crippen LogP contribution in [0.4, 0.5) is 11.4 Å². The number of nitrogens with one attached hydrogen (secondary N) is 2. The van der Waals surface area contributed by atoms with Crippen LogP contribution in [0.25, 0.3) is 0 Å². The lowest BCUT2D eigenvalue weighted by atomic mass is 9.94. The number of ether oxygens (including phenoxy) is 1. The smallest absolute Gasteiger partial charge is 0.323 e. The lowest BCUT2D eigenvalue weighted by Gasteiger charge is -2.19. The van der Waals surface area contributed by atoms with Gasteiger partial charge in [-0.3, -0.25) is 20.3 Å². The average molecular weight is 411 g/mol. The van der Waals surface area contributed by atoms with Crippen molar-refractivity contribution >= 4 is 28.7 Å². The lowest BCUT2D eigenvalue weighted by Crippen LogP contribution is -2.31. The molecule has 0 radical (unpaired) electrons. The highest BCUT2D eigenvalue weighted by molar-refractivity contribution is 6.06. The Kier molecular flexibility index (Phi) is 5.95. The number of hydrogen-bond donors (Lipinski definition) is 3. The summed E-state index contributed by atoms with van der Waals surface area (Å²) >= 11 is 0. The number of benzene rings is 2. The lowest BCUT2D eigenvalue weighted by molar-refractivity contribution is -0.386. The van der Waals surface area contributed by atoms with E-state index < -0.39 is 4.92 Å². The number of nitro groups is 1. The summed E-state index contributed by atoms with van der Waals surface area (Å²) in [6.45, 7) is 3.55. The molecule has 0 saturated carbocycles. The van der Waals surface area contributed by atoms with E-state index in [0.29, 0.717) is 17.8 Å². The summed E-state index contributed by atoms with van der Waals surface area (Å²) in [6, 6.07) is 10.0. The number of rotatable bonds is 6. The average Bonchev–Trinajstić information content (AvgIpc) is 2.72. The Morgan fingerprint density at radius 2 is 2.03 bits per heavy atom. The third kappa shape index (κ3) is 4.22. The largest absolute Gasteiger partial charge is 0.504 e. The first-order chi connectivity index (χ1) is 14.3. The third-order valence-corrected chi connectivity index (χ3v) is 4.68. The Balaban J connectivity index is 1.81. The zero-order valence-corrected chi connectivity index (χ0v) is 16.7. The zero-order valence-electron chi connectivity index (χ0n) is 16.7. The van der Waals surface area contributed by atoms with Gasteiger partial charge in [0.25, 0.3) is 0 Å². The van der Waals surface area contributed by atoms with Gasteiger partial charge in [-0.25, -0.2) is 5.43 Å². The monoisotopic (exact) mass is 411 g/mol. The number of hydrazone groups is 2. The van der Waals surface area contributed by atoms with Crippen LogP contribution in [-0.2, 0) is 4.79 Å². The highest BCUT2D eigenvalue weighted by atomic mass is 16.6. The first-order valence-electron chi connectivity index (χ1n) is 9.13. The summed E-state index contributed by atoms with van der Waals surface area (Å²) in [7, 11) is 1.25. The molecule has 2 aromatic rings. The number of amides is 1. The van der Waals surface area contributed by atoms with Gasteiger partial charge in [0.2, 0.25) is 11.7 Å². The van der Waals surface area contributed by atoms with Crippen LogP contribution >= 0.6 is 0 Å². The highest BCUT2D eigenvalue weighted by Crippen LogP contribution is 2.39. The molecule has 1 aliphatic heterocycles. The standard InChI is InChI=1S/C20H21N5O5/c1-11-10-17(27)23-24-18(11)13-4-6-14(7-5-13)22-21-12(2)15-8-9-16(26)20(30-3)19(15)25(28)29/h4-9,11,22,26H,10H2,1-3H3,(H,23,27)/b21-12-. The minimum absolute atomic E-state index is 0.0165. The molecule has 0 spiro atoms. The number of phenolic OH excluding ortho intramolecular Hbond substituents is 1. The fourth-order valence-corrected chi connectivity index (χ4v) is 3.16. The number of hydrogen-bond acceptors (Lipinski definition) is 8. The van der Waals surface area contributed by atoms with Crippen molar-refractivity contribution < 1.29 is 19.6 Å². The van der Waals surface area contributed by atoms with Crippen molar-refractivity contribution in [1.82, 2.24) is 5.43 Å². The molecule has 10 heteroatoms. The van der Waals surface area contributed by atoms with E-state index in [4.69, 9.17) is 4.74 Å². The predicted octanol–water partition coefficient (Wildman–Crippen LogP) is 3.01. The van der Waals surface area contributed by atoms with Gasteiger partial charge in [-0.15, -0.1) is 0 Å². The zero-order chi connectivity index (χ0) is 21.8. The Morgan fingerprint density at radius 3 is 2.63 bits per heavy atom. The van der Waals surface area contributed by atoms with Gasteiger partial charge in [0.1, 0.15) is 0 Å². The maximum absolute atomic E-state index is 11.5. The topological polar surface area (TPSA) is 138 Å². The van der Waals surface area contributed by atoms with E-state index >= 15 is 0 Å². The molecule has 0 aliphatic carbocycles. The number of phenols is 1. The molecule has 1 amide bonds. The minimum Gasteiger partial charge on any atom is -0.504 e. The van der Waals surface area contributed by atoms with Gasteiger partial charge < -0.3 is 9.84 Å². The number of nitro benzene ring substituents is 1. The number of carbonyl (C=O) groups is 1. The van der Waals surface area contributed by atoms with Gasteiger partial charge in [0.05, 0.1) is 34.7 Å². The molecule has 0 bridgehead atoms. The van der Waals surface area contributed by atoms with Crippen LogP contribution in [0.3, 0.4) is 0 Å². The molecule has 1 aliphatic rings. The molecular formula is C20H21N5O5. The van der Waals surface area contributed by atoms with E-state index in [-0.39, 0.29) is 34.6 Å². The van der Waals surface area contributed by atoms with Gasteiger partial charge >= 0.3 is 5.69 Å². The van der Waals surface area contributed by atoms with E-state index in [1.807, 2.05) is 19.1 Å². The number of nitrogens with zero attached hydrogens (tertiary/aromatic N) is 3. The molecule has 1 unspecified atom stereocenters. The summed E-state index contributed by atoms with van der Waals surface area (Å²) in [4.78, 5) is 22.2. The van der Waals surface area contributed by atoms with Crippen LogP contribution in [0.15, 0.2) is 46.6 Å². The van der Waals surface area contributed by atoms with Crippen molar-refractivity contribution in [3.05, 3.63) is 57.6 Å². The van der Waals surface area contributed by atoms with Crippen molar-refractivity contribution in [3.8, 4) is 11.5 Å². The molecule has 10 nitrogen and oxygen atoms in total. The highest BCUT2D eigenvalue weighted by Gasteiger charge is 2.26. The number of carbonyl (C=O) groups excluding carboxylic acids is 1. The van der Waals surface area contributed by atoms with Crippen LogP contribution in [0.1, 0.15) is 31.4 Å². The molecule has 30 heavy (non-hydrogen) atoms. The van der Waals surface area contributed by atoms with E-state index in [1.54, 1.807) is 19.1 Å². The molecular weight excluding hydrogens is 390 g/mol. The SMILES string of the molecule is COc1c(O)ccc(/C(C)=N\Nc2ccc(C3=NNC(=O)CC3C)cc2)c1[N+](=O)[O-]. The summed E-state index contributed by atoms with van der Waals surface area (Å²) in [6.07, 6.45) is 0.386. The Labute approximate surface area is 172 Å². The van der Waals surface area contributed by atoms with Crippen LogP contribution < -0.4 is 15.6 Å². The second kappa shape index (κ2) is 8.60. The van der Waals surface area contributed by atoms with Gasteiger partial charge in [-0.1, -0.05) is 19.1 Å². The molecule has 3 rings (SSSR count). The second-order valence-electron chi connectivity index (χ2n) is 6.79. The Bertz CT molecular complexity index is 1050. The predicted molar refractivity (Wildman–Crippen MR) is 112 cm³/mol. The minimum atomic E-state index is -0.619. The number of methoxy groups -OCH3 is 1. The van der Waals surface area contributed by atoms with Crippen LogP contribution in [-0.4, -0.2) is 34.5 Å². The molecule has 1 heterocycles. The van der Waals surface area contributed by atoms with E-state index in [1.165, 1.54) is 19.2 Å². The summed E-state index contributed by atoms with van der Waals surface area (Å²) in [5.74, 6) is -0.622. The van der Waals surface area contributed by atoms with Crippen molar-refractivity contribution in [3.63, 3.8) is 0 Å².